The first-order valence-electron chi connectivity index (χ1n) is 3.38. The lowest BCUT2D eigenvalue weighted by Crippen LogP contribution is -2.59. The van der Waals surface area contributed by atoms with E-state index in [1.165, 1.54) is 5.06 Å². The number of nitrogens with one attached hydrogen (secondary N) is 1. The molecule has 1 N–H and O–H groups in total. The first-order chi connectivity index (χ1) is 4.72. The Morgan fingerprint density at radius 1 is 1.70 bits per heavy atom. The molecule has 2 rings (SSSR count). The number of nitrogens with zero attached hydrogens (tertiary/aromatic N) is 1. The van der Waals surface area contributed by atoms with Crippen molar-refractivity contribution in [1.29, 1.82) is 0 Å². The molecule has 0 unspecified atom stereocenters. The standard InChI is InChI=1S/C6H10N2O2/c1-8-5(9)2-6(10-8)3-7-4-6/h7H,2-4H2,1H3. The van der Waals surface area contributed by atoms with Crippen LogP contribution in [0.1, 0.15) is 6.42 Å². The number of carbonyl (C=O) groups excluding carboxylic acids is 1. The van der Waals surface area contributed by atoms with E-state index in [2.05, 4.69) is 5.32 Å². The van der Waals surface area contributed by atoms with Crippen LogP contribution in [0.4, 0.5) is 0 Å². The lowest BCUT2D eigenvalue weighted by molar-refractivity contribution is -0.199. The van der Waals surface area contributed by atoms with Gasteiger partial charge >= 0.3 is 0 Å². The van der Waals surface area contributed by atoms with E-state index in [9.17, 15) is 4.79 Å². The zero-order valence-corrected chi connectivity index (χ0v) is 5.89. The molecular formula is C6H10N2O2. The first-order valence-corrected chi connectivity index (χ1v) is 3.38. The second kappa shape index (κ2) is 1.71. The Hall–Kier alpha value is -0.610. The third-order valence-corrected chi connectivity index (χ3v) is 2.05. The summed E-state index contributed by atoms with van der Waals surface area (Å²) in [7, 11) is 1.66. The minimum Gasteiger partial charge on any atom is -0.311 e. The summed E-state index contributed by atoms with van der Waals surface area (Å²) in [5.41, 5.74) is -0.175. The Morgan fingerprint density at radius 2 is 2.40 bits per heavy atom. The molecule has 0 aliphatic carbocycles. The van der Waals surface area contributed by atoms with Gasteiger partial charge in [-0.1, -0.05) is 0 Å². The van der Waals surface area contributed by atoms with Gasteiger partial charge in [0.25, 0.3) is 0 Å². The van der Waals surface area contributed by atoms with Crippen LogP contribution in [0.3, 0.4) is 0 Å². The minimum atomic E-state index is -0.175. The molecule has 4 nitrogen and oxygen atoms in total. The topological polar surface area (TPSA) is 41.6 Å². The third-order valence-electron chi connectivity index (χ3n) is 2.05. The van der Waals surface area contributed by atoms with Gasteiger partial charge in [0.05, 0.1) is 6.42 Å². The van der Waals surface area contributed by atoms with E-state index in [4.69, 9.17) is 4.84 Å². The molecule has 2 fully saturated rings. The highest BCUT2D eigenvalue weighted by Gasteiger charge is 2.48. The Labute approximate surface area is 59.1 Å². The number of carbonyl (C=O) groups is 1. The maximum atomic E-state index is 11.0. The van der Waals surface area contributed by atoms with Crippen molar-refractivity contribution in [2.24, 2.45) is 0 Å². The third kappa shape index (κ3) is 0.660. The van der Waals surface area contributed by atoms with E-state index in [0.29, 0.717) is 6.42 Å². The molecule has 0 atom stereocenters. The molecule has 0 bridgehead atoms. The Bertz CT molecular complexity index is 177. The number of rotatable bonds is 0. The predicted octanol–water partition coefficient (Wildman–Crippen LogP) is -0.878. The van der Waals surface area contributed by atoms with Gasteiger partial charge in [-0.15, -0.1) is 0 Å². The van der Waals surface area contributed by atoms with E-state index in [0.717, 1.165) is 13.1 Å². The van der Waals surface area contributed by atoms with Gasteiger partial charge in [0.1, 0.15) is 5.60 Å². The minimum absolute atomic E-state index is 0.0847. The zero-order valence-electron chi connectivity index (χ0n) is 5.89. The van der Waals surface area contributed by atoms with Gasteiger partial charge < -0.3 is 5.32 Å². The summed E-state index contributed by atoms with van der Waals surface area (Å²) in [5, 5.41) is 4.42. The smallest absolute Gasteiger partial charge is 0.248 e. The van der Waals surface area contributed by atoms with Crippen LogP contribution in [0, 0.1) is 0 Å². The van der Waals surface area contributed by atoms with Gasteiger partial charge in [-0.05, 0) is 0 Å². The quantitative estimate of drug-likeness (QED) is 0.477. The predicted molar refractivity (Wildman–Crippen MR) is 34.1 cm³/mol. The number of hydrogen-bond acceptors (Lipinski definition) is 3. The van der Waals surface area contributed by atoms with Gasteiger partial charge in [-0.2, -0.15) is 0 Å². The van der Waals surface area contributed by atoms with Gasteiger partial charge in [-0.3, -0.25) is 9.63 Å². The molecule has 0 aromatic rings. The van der Waals surface area contributed by atoms with E-state index in [1.807, 2.05) is 0 Å². The second-order valence-electron chi connectivity index (χ2n) is 2.95. The summed E-state index contributed by atoms with van der Waals surface area (Å²) < 4.78 is 0. The Kier molecular flexibility index (Phi) is 1.04. The highest BCUT2D eigenvalue weighted by Crippen LogP contribution is 2.28. The summed E-state index contributed by atoms with van der Waals surface area (Å²) in [4.78, 5) is 16.3. The van der Waals surface area contributed by atoms with Crippen LogP contribution in [0.2, 0.25) is 0 Å². The van der Waals surface area contributed by atoms with Crippen LogP contribution in [-0.2, 0) is 9.63 Å². The molecule has 0 radical (unpaired) electrons. The SMILES string of the molecule is CN1OC2(CNC2)CC1=O. The highest BCUT2D eigenvalue weighted by atomic mass is 16.7. The molecule has 0 saturated carbocycles. The molecule has 2 aliphatic rings. The van der Waals surface area contributed by atoms with Crippen molar-refractivity contribution < 1.29 is 9.63 Å². The molecule has 4 heteroatoms. The molecule has 0 aromatic heterocycles. The molecule has 2 saturated heterocycles. The molecule has 10 heavy (non-hydrogen) atoms. The average molecular weight is 142 g/mol. The molecule has 2 aliphatic heterocycles. The Morgan fingerprint density at radius 3 is 2.60 bits per heavy atom. The lowest BCUT2D eigenvalue weighted by Gasteiger charge is -2.36. The molecule has 56 valence electrons. The maximum absolute atomic E-state index is 11.0. The van der Waals surface area contributed by atoms with Crippen molar-refractivity contribution in [2.75, 3.05) is 20.1 Å². The second-order valence-corrected chi connectivity index (χ2v) is 2.95. The largest absolute Gasteiger partial charge is 0.311 e. The van der Waals surface area contributed by atoms with Crippen LogP contribution < -0.4 is 5.32 Å². The number of hydrogen-bond donors (Lipinski definition) is 1. The van der Waals surface area contributed by atoms with Crippen LogP contribution in [0.15, 0.2) is 0 Å². The fourth-order valence-electron chi connectivity index (χ4n) is 1.35. The van der Waals surface area contributed by atoms with Gasteiger partial charge in [0, 0.05) is 20.1 Å². The van der Waals surface area contributed by atoms with Crippen molar-refractivity contribution in [3.8, 4) is 0 Å². The normalized spacial score (nSPS) is 29.3. The monoisotopic (exact) mass is 142 g/mol. The van der Waals surface area contributed by atoms with E-state index >= 15 is 0 Å². The summed E-state index contributed by atoms with van der Waals surface area (Å²) in [5.74, 6) is 0.0847. The molecule has 1 spiro atoms. The number of amides is 1. The highest BCUT2D eigenvalue weighted by molar-refractivity contribution is 5.78. The van der Waals surface area contributed by atoms with Crippen LogP contribution >= 0.6 is 0 Å². The summed E-state index contributed by atoms with van der Waals surface area (Å²) in [6.07, 6.45) is 0.538. The summed E-state index contributed by atoms with van der Waals surface area (Å²) in [6.45, 7) is 1.62. The van der Waals surface area contributed by atoms with Crippen molar-refractivity contribution in [1.82, 2.24) is 10.4 Å². The van der Waals surface area contributed by atoms with Crippen molar-refractivity contribution >= 4 is 5.91 Å². The maximum Gasteiger partial charge on any atom is 0.248 e. The van der Waals surface area contributed by atoms with Crippen LogP contribution in [0.25, 0.3) is 0 Å². The molecule has 2 heterocycles. The van der Waals surface area contributed by atoms with E-state index in [1.54, 1.807) is 7.05 Å². The average Bonchev–Trinajstić information content (AvgIpc) is 2.08. The van der Waals surface area contributed by atoms with Crippen molar-refractivity contribution in [2.45, 2.75) is 12.0 Å². The first kappa shape index (κ1) is 6.12. The van der Waals surface area contributed by atoms with Crippen molar-refractivity contribution in [3.63, 3.8) is 0 Å². The van der Waals surface area contributed by atoms with Crippen LogP contribution in [-0.4, -0.2) is 36.7 Å². The van der Waals surface area contributed by atoms with Crippen molar-refractivity contribution in [3.05, 3.63) is 0 Å². The van der Waals surface area contributed by atoms with E-state index < -0.39 is 0 Å². The molecule has 0 aromatic carbocycles. The fourth-order valence-corrected chi connectivity index (χ4v) is 1.35. The lowest BCUT2D eigenvalue weighted by atomic mass is 9.94. The Balaban J connectivity index is 2.10. The fraction of sp³-hybridized carbons (Fsp3) is 0.833. The van der Waals surface area contributed by atoms with E-state index in [-0.39, 0.29) is 11.5 Å². The molecular weight excluding hydrogens is 132 g/mol. The van der Waals surface area contributed by atoms with Gasteiger partial charge in [-0.25, -0.2) is 5.06 Å². The van der Waals surface area contributed by atoms with Crippen LogP contribution in [0.5, 0.6) is 0 Å². The van der Waals surface area contributed by atoms with Gasteiger partial charge in [0.2, 0.25) is 5.91 Å². The summed E-state index contributed by atoms with van der Waals surface area (Å²) >= 11 is 0. The van der Waals surface area contributed by atoms with Gasteiger partial charge in [0.15, 0.2) is 0 Å². The zero-order chi connectivity index (χ0) is 7.19. The summed E-state index contributed by atoms with van der Waals surface area (Å²) in [6, 6.07) is 0. The molecule has 1 amide bonds. The number of hydroxylamine groups is 2.